The molecular weight excluding hydrogens is 192 g/mol. The first-order valence-corrected chi connectivity index (χ1v) is 5.35. The molecule has 1 amide bonds. The van der Waals surface area contributed by atoms with Crippen molar-refractivity contribution in [1.82, 2.24) is 10.6 Å². The molecule has 3 unspecified atom stereocenters. The van der Waals surface area contributed by atoms with Crippen LogP contribution in [0.5, 0.6) is 0 Å². The summed E-state index contributed by atoms with van der Waals surface area (Å²) >= 11 is 0. The zero-order chi connectivity index (χ0) is 11.3. The molecule has 1 aliphatic rings. The largest absolute Gasteiger partial charge is 0.392 e. The number of rotatable bonds is 4. The minimum Gasteiger partial charge on any atom is -0.392 e. The molecule has 84 valence electrons. The number of terminal acetylenes is 1. The Kier molecular flexibility index (Phi) is 4.60. The monoisotopic (exact) mass is 210 g/mol. The Bertz CT molecular complexity index is 260. The second-order valence-corrected chi connectivity index (χ2v) is 3.87. The highest BCUT2D eigenvalue weighted by atomic mass is 16.3. The number of nitrogens with one attached hydrogen (secondary N) is 2. The number of aliphatic hydroxyl groups excluding tert-OH is 1. The molecule has 0 spiro atoms. The van der Waals surface area contributed by atoms with Crippen molar-refractivity contribution in [3.63, 3.8) is 0 Å². The normalized spacial score (nSPS) is 27.0. The van der Waals surface area contributed by atoms with Gasteiger partial charge in [-0.1, -0.05) is 19.3 Å². The molecule has 0 saturated carbocycles. The van der Waals surface area contributed by atoms with Crippen molar-refractivity contribution < 1.29 is 9.90 Å². The SMILES string of the molecule is C#CC(CCC)NC(=O)C1CC(O)CN1. The Balaban J connectivity index is 2.38. The van der Waals surface area contributed by atoms with Crippen molar-refractivity contribution >= 4 is 5.91 Å². The molecule has 15 heavy (non-hydrogen) atoms. The predicted octanol–water partition coefficient (Wildman–Crippen LogP) is -0.373. The Labute approximate surface area is 90.4 Å². The Morgan fingerprint density at radius 2 is 2.53 bits per heavy atom. The summed E-state index contributed by atoms with van der Waals surface area (Å²) in [5, 5.41) is 15.0. The van der Waals surface area contributed by atoms with Crippen molar-refractivity contribution in [1.29, 1.82) is 0 Å². The summed E-state index contributed by atoms with van der Waals surface area (Å²) in [5.74, 6) is 2.44. The second-order valence-electron chi connectivity index (χ2n) is 3.87. The molecule has 4 nitrogen and oxygen atoms in total. The summed E-state index contributed by atoms with van der Waals surface area (Å²) in [6.45, 7) is 2.50. The number of hydrogen-bond donors (Lipinski definition) is 3. The van der Waals surface area contributed by atoms with E-state index >= 15 is 0 Å². The van der Waals surface area contributed by atoms with Crippen LogP contribution < -0.4 is 10.6 Å². The van der Waals surface area contributed by atoms with Gasteiger partial charge in [0.25, 0.3) is 0 Å². The molecule has 1 heterocycles. The zero-order valence-electron chi connectivity index (χ0n) is 8.99. The number of carbonyl (C=O) groups is 1. The minimum absolute atomic E-state index is 0.108. The van der Waals surface area contributed by atoms with E-state index in [1.54, 1.807) is 0 Å². The fraction of sp³-hybridized carbons (Fsp3) is 0.727. The first-order valence-electron chi connectivity index (χ1n) is 5.35. The van der Waals surface area contributed by atoms with Crippen molar-refractivity contribution in [2.75, 3.05) is 6.54 Å². The van der Waals surface area contributed by atoms with Crippen molar-refractivity contribution in [2.45, 2.75) is 44.4 Å². The molecule has 0 aromatic rings. The minimum atomic E-state index is -0.420. The molecule has 1 aliphatic heterocycles. The van der Waals surface area contributed by atoms with E-state index in [0.29, 0.717) is 13.0 Å². The topological polar surface area (TPSA) is 61.4 Å². The van der Waals surface area contributed by atoms with Gasteiger partial charge in [0.2, 0.25) is 5.91 Å². The van der Waals surface area contributed by atoms with Crippen LogP contribution in [0.15, 0.2) is 0 Å². The van der Waals surface area contributed by atoms with Gasteiger partial charge in [0, 0.05) is 6.54 Å². The predicted molar refractivity (Wildman–Crippen MR) is 58.1 cm³/mol. The maximum atomic E-state index is 11.7. The summed E-state index contributed by atoms with van der Waals surface area (Å²) in [4.78, 5) is 11.7. The molecule has 0 radical (unpaired) electrons. The van der Waals surface area contributed by atoms with Crippen LogP contribution in [-0.2, 0) is 4.79 Å². The van der Waals surface area contributed by atoms with Crippen LogP contribution in [0.2, 0.25) is 0 Å². The van der Waals surface area contributed by atoms with E-state index < -0.39 is 6.10 Å². The van der Waals surface area contributed by atoms with Gasteiger partial charge in [0.05, 0.1) is 18.2 Å². The second kappa shape index (κ2) is 5.74. The van der Waals surface area contributed by atoms with Crippen molar-refractivity contribution in [2.24, 2.45) is 0 Å². The number of hydrogen-bond acceptors (Lipinski definition) is 3. The number of aliphatic hydroxyl groups is 1. The maximum Gasteiger partial charge on any atom is 0.238 e. The Hall–Kier alpha value is -1.05. The van der Waals surface area contributed by atoms with Gasteiger partial charge in [0.15, 0.2) is 0 Å². The maximum absolute atomic E-state index is 11.7. The van der Waals surface area contributed by atoms with Gasteiger partial charge in [-0.05, 0) is 12.8 Å². The first kappa shape index (κ1) is 12.0. The van der Waals surface area contributed by atoms with E-state index in [1.807, 2.05) is 6.92 Å². The van der Waals surface area contributed by atoms with Crippen LogP contribution in [-0.4, -0.2) is 35.7 Å². The first-order chi connectivity index (χ1) is 7.17. The lowest BCUT2D eigenvalue weighted by atomic mass is 10.1. The molecular formula is C11H18N2O2. The highest BCUT2D eigenvalue weighted by Crippen LogP contribution is 2.07. The quantitative estimate of drug-likeness (QED) is 0.555. The Morgan fingerprint density at radius 3 is 3.00 bits per heavy atom. The zero-order valence-corrected chi connectivity index (χ0v) is 8.99. The molecule has 0 aromatic carbocycles. The van der Waals surface area contributed by atoms with E-state index in [9.17, 15) is 9.90 Å². The number of β-amino-alcohol motifs (C(OH)–C–C–N with tert-alkyl or cyclic N) is 1. The molecule has 1 saturated heterocycles. The molecule has 4 heteroatoms. The van der Waals surface area contributed by atoms with Crippen molar-refractivity contribution in [3.05, 3.63) is 0 Å². The molecule has 0 aliphatic carbocycles. The average Bonchev–Trinajstić information content (AvgIpc) is 2.64. The van der Waals surface area contributed by atoms with Crippen LogP contribution >= 0.6 is 0 Å². The van der Waals surface area contributed by atoms with Gasteiger partial charge in [0.1, 0.15) is 0 Å². The Morgan fingerprint density at radius 1 is 1.80 bits per heavy atom. The van der Waals surface area contributed by atoms with Crippen LogP contribution in [0.25, 0.3) is 0 Å². The van der Waals surface area contributed by atoms with Gasteiger partial charge >= 0.3 is 0 Å². The van der Waals surface area contributed by atoms with E-state index in [1.165, 1.54) is 0 Å². The lowest BCUT2D eigenvalue weighted by Gasteiger charge is -2.15. The highest BCUT2D eigenvalue weighted by molar-refractivity contribution is 5.82. The summed E-state index contributed by atoms with van der Waals surface area (Å²) < 4.78 is 0. The standard InChI is InChI=1S/C11H18N2O2/c1-3-5-8(4-2)13-11(15)10-6-9(14)7-12-10/h2,8-10,12,14H,3,5-7H2,1H3,(H,13,15). The van der Waals surface area contributed by atoms with Crippen LogP contribution in [0.1, 0.15) is 26.2 Å². The number of carbonyl (C=O) groups excluding carboxylic acids is 1. The van der Waals surface area contributed by atoms with E-state index in [0.717, 1.165) is 12.8 Å². The molecule has 3 atom stereocenters. The molecule has 0 bridgehead atoms. The average molecular weight is 210 g/mol. The molecule has 1 fully saturated rings. The summed E-state index contributed by atoms with van der Waals surface area (Å²) in [5.41, 5.74) is 0. The molecule has 3 N–H and O–H groups in total. The van der Waals surface area contributed by atoms with E-state index in [-0.39, 0.29) is 18.0 Å². The van der Waals surface area contributed by atoms with E-state index in [4.69, 9.17) is 6.42 Å². The lowest BCUT2D eigenvalue weighted by Crippen LogP contribution is -2.44. The van der Waals surface area contributed by atoms with Gasteiger partial charge in [-0.3, -0.25) is 4.79 Å². The van der Waals surface area contributed by atoms with Crippen molar-refractivity contribution in [3.8, 4) is 12.3 Å². The van der Waals surface area contributed by atoms with Crippen LogP contribution in [0, 0.1) is 12.3 Å². The molecule has 1 rings (SSSR count). The van der Waals surface area contributed by atoms with E-state index in [2.05, 4.69) is 16.6 Å². The van der Waals surface area contributed by atoms with Gasteiger partial charge < -0.3 is 15.7 Å². The van der Waals surface area contributed by atoms with Gasteiger partial charge in [-0.15, -0.1) is 6.42 Å². The fourth-order valence-electron chi connectivity index (χ4n) is 1.67. The summed E-state index contributed by atoms with van der Waals surface area (Å²) in [6.07, 6.45) is 7.08. The smallest absolute Gasteiger partial charge is 0.238 e. The number of amides is 1. The third kappa shape index (κ3) is 3.54. The lowest BCUT2D eigenvalue weighted by molar-refractivity contribution is -0.123. The highest BCUT2D eigenvalue weighted by Gasteiger charge is 2.28. The van der Waals surface area contributed by atoms with Crippen LogP contribution in [0.3, 0.4) is 0 Å². The third-order valence-corrected chi connectivity index (χ3v) is 2.52. The third-order valence-electron chi connectivity index (χ3n) is 2.52. The van der Waals surface area contributed by atoms with Crippen LogP contribution in [0.4, 0.5) is 0 Å². The van der Waals surface area contributed by atoms with Gasteiger partial charge in [-0.2, -0.15) is 0 Å². The summed E-state index contributed by atoms with van der Waals surface area (Å²) in [6, 6.07) is -0.491. The molecule has 0 aromatic heterocycles. The van der Waals surface area contributed by atoms with Gasteiger partial charge in [-0.25, -0.2) is 0 Å². The summed E-state index contributed by atoms with van der Waals surface area (Å²) in [7, 11) is 0. The fourth-order valence-corrected chi connectivity index (χ4v) is 1.67.